The molecular formula is C13H11F2N3O2S. The number of rotatable bonds is 5. The average Bonchev–Trinajstić information content (AvgIpc) is 3.17. The van der Waals surface area contributed by atoms with Crippen LogP contribution in [0.2, 0.25) is 0 Å². The summed E-state index contributed by atoms with van der Waals surface area (Å²) in [7, 11) is 0. The molecule has 5 nitrogen and oxygen atoms in total. The number of carbonyl (C=O) groups is 1. The van der Waals surface area contributed by atoms with E-state index in [4.69, 9.17) is 5.11 Å². The van der Waals surface area contributed by atoms with Gasteiger partial charge in [0.05, 0.1) is 11.3 Å². The highest BCUT2D eigenvalue weighted by molar-refractivity contribution is 7.99. The molecule has 0 unspecified atom stereocenters. The third kappa shape index (κ3) is 2.90. The quantitative estimate of drug-likeness (QED) is 0.860. The van der Waals surface area contributed by atoms with Crippen LogP contribution < -0.4 is 0 Å². The Morgan fingerprint density at radius 1 is 1.38 bits per heavy atom. The first-order valence-electron chi connectivity index (χ1n) is 6.31. The van der Waals surface area contributed by atoms with E-state index < -0.39 is 17.6 Å². The highest BCUT2D eigenvalue weighted by atomic mass is 32.2. The van der Waals surface area contributed by atoms with Crippen molar-refractivity contribution >= 4 is 17.7 Å². The molecule has 1 fully saturated rings. The fourth-order valence-corrected chi connectivity index (χ4v) is 2.74. The van der Waals surface area contributed by atoms with E-state index >= 15 is 0 Å². The molecule has 1 saturated carbocycles. The third-order valence-electron chi connectivity index (χ3n) is 3.07. The number of hydrogen-bond acceptors (Lipinski definition) is 4. The molecule has 3 rings (SSSR count). The van der Waals surface area contributed by atoms with Gasteiger partial charge in [0.25, 0.3) is 0 Å². The lowest BCUT2D eigenvalue weighted by molar-refractivity contribution is -0.133. The molecule has 1 heterocycles. The van der Waals surface area contributed by atoms with Crippen molar-refractivity contribution in [1.82, 2.24) is 14.8 Å². The van der Waals surface area contributed by atoms with Crippen LogP contribution >= 0.6 is 11.8 Å². The summed E-state index contributed by atoms with van der Waals surface area (Å²) >= 11 is 1.04. The lowest BCUT2D eigenvalue weighted by Gasteiger charge is -2.08. The summed E-state index contributed by atoms with van der Waals surface area (Å²) in [4.78, 5) is 10.7. The van der Waals surface area contributed by atoms with Crippen molar-refractivity contribution in [2.75, 3.05) is 5.75 Å². The number of carboxylic acid groups (broad SMARTS) is 1. The molecule has 0 radical (unpaired) electrons. The number of thioether (sulfide) groups is 1. The average molecular weight is 311 g/mol. The van der Waals surface area contributed by atoms with E-state index in [0.29, 0.717) is 11.0 Å². The van der Waals surface area contributed by atoms with E-state index in [1.165, 1.54) is 6.07 Å². The van der Waals surface area contributed by atoms with Crippen LogP contribution in [0.1, 0.15) is 18.9 Å². The van der Waals surface area contributed by atoms with Crippen LogP contribution in [0.3, 0.4) is 0 Å². The van der Waals surface area contributed by atoms with Crippen LogP contribution in [0, 0.1) is 11.6 Å². The lowest BCUT2D eigenvalue weighted by Crippen LogP contribution is -2.04. The van der Waals surface area contributed by atoms with Gasteiger partial charge < -0.3 is 5.11 Å². The maximum Gasteiger partial charge on any atom is 0.313 e. The second kappa shape index (κ2) is 5.44. The Bertz CT molecular complexity index is 701. The van der Waals surface area contributed by atoms with E-state index in [-0.39, 0.29) is 17.4 Å². The molecule has 1 aromatic carbocycles. The van der Waals surface area contributed by atoms with Crippen molar-refractivity contribution in [3.8, 4) is 11.4 Å². The number of hydrogen-bond donors (Lipinski definition) is 1. The van der Waals surface area contributed by atoms with Crippen molar-refractivity contribution in [2.45, 2.75) is 24.0 Å². The van der Waals surface area contributed by atoms with Gasteiger partial charge in [-0.05, 0) is 25.0 Å². The number of aromatic nitrogens is 3. The minimum absolute atomic E-state index is 0.142. The zero-order valence-electron chi connectivity index (χ0n) is 10.8. The summed E-state index contributed by atoms with van der Waals surface area (Å²) in [6.45, 7) is 0. The fraction of sp³-hybridized carbons (Fsp3) is 0.308. The Kier molecular flexibility index (Phi) is 3.62. The lowest BCUT2D eigenvalue weighted by atomic mass is 10.2. The van der Waals surface area contributed by atoms with Gasteiger partial charge in [0.2, 0.25) is 0 Å². The van der Waals surface area contributed by atoms with Gasteiger partial charge in [0.15, 0.2) is 11.0 Å². The summed E-state index contributed by atoms with van der Waals surface area (Å²) in [5.41, 5.74) is 0.165. The third-order valence-corrected chi connectivity index (χ3v) is 4.00. The van der Waals surface area contributed by atoms with Gasteiger partial charge in [-0.2, -0.15) is 0 Å². The zero-order chi connectivity index (χ0) is 15.0. The first kappa shape index (κ1) is 14.0. The zero-order valence-corrected chi connectivity index (χ0v) is 11.6. The van der Waals surface area contributed by atoms with E-state index in [1.54, 1.807) is 4.57 Å². The monoisotopic (exact) mass is 311 g/mol. The van der Waals surface area contributed by atoms with Crippen LogP contribution in [0.15, 0.2) is 23.4 Å². The number of nitrogens with zero attached hydrogens (tertiary/aromatic N) is 3. The highest BCUT2D eigenvalue weighted by Crippen LogP contribution is 2.41. The normalized spacial score (nSPS) is 14.4. The Morgan fingerprint density at radius 2 is 2.14 bits per heavy atom. The smallest absolute Gasteiger partial charge is 0.313 e. The summed E-state index contributed by atoms with van der Waals surface area (Å²) in [6, 6.07) is 3.43. The molecule has 0 atom stereocenters. The molecule has 0 bridgehead atoms. The van der Waals surface area contributed by atoms with Crippen molar-refractivity contribution in [3.05, 3.63) is 29.8 Å². The van der Waals surface area contributed by atoms with Crippen LogP contribution in [-0.4, -0.2) is 31.6 Å². The van der Waals surface area contributed by atoms with E-state index in [2.05, 4.69) is 10.2 Å². The van der Waals surface area contributed by atoms with E-state index in [1.807, 2.05) is 0 Å². The van der Waals surface area contributed by atoms with Crippen LogP contribution in [-0.2, 0) is 4.79 Å². The number of benzene rings is 1. The SMILES string of the molecule is O=C(O)CSc1nnc(-c2ccc(F)cc2F)n1C1CC1. The van der Waals surface area contributed by atoms with Crippen LogP contribution in [0.25, 0.3) is 11.4 Å². The highest BCUT2D eigenvalue weighted by Gasteiger charge is 2.31. The molecule has 1 aromatic heterocycles. The van der Waals surface area contributed by atoms with Gasteiger partial charge >= 0.3 is 5.97 Å². The standard InChI is InChI=1S/C13H11F2N3O2S/c14-7-1-4-9(10(15)5-7)12-16-17-13(21-6-11(19)20)18(12)8-2-3-8/h1,4-5,8H,2-3,6H2,(H,19,20). The Labute approximate surface area is 123 Å². The van der Waals surface area contributed by atoms with Crippen molar-refractivity contribution < 1.29 is 18.7 Å². The Morgan fingerprint density at radius 3 is 2.76 bits per heavy atom. The molecule has 0 aliphatic heterocycles. The molecule has 2 aromatic rings. The summed E-state index contributed by atoms with van der Waals surface area (Å²) in [6.07, 6.45) is 1.82. The summed E-state index contributed by atoms with van der Waals surface area (Å²) < 4.78 is 28.6. The minimum atomic E-state index is -0.958. The molecule has 0 amide bonds. The molecule has 8 heteroatoms. The molecule has 110 valence electrons. The second-order valence-corrected chi connectivity index (χ2v) is 5.66. The van der Waals surface area contributed by atoms with Gasteiger partial charge in [-0.25, -0.2) is 8.78 Å². The molecule has 0 saturated heterocycles. The molecule has 1 N–H and O–H groups in total. The summed E-state index contributed by atoms with van der Waals surface area (Å²) in [5.74, 6) is -2.16. The number of carboxylic acids is 1. The van der Waals surface area contributed by atoms with Crippen molar-refractivity contribution in [1.29, 1.82) is 0 Å². The first-order chi connectivity index (χ1) is 10.1. The first-order valence-corrected chi connectivity index (χ1v) is 7.29. The van der Waals surface area contributed by atoms with Gasteiger partial charge in [-0.3, -0.25) is 9.36 Å². The van der Waals surface area contributed by atoms with Gasteiger partial charge in [-0.15, -0.1) is 10.2 Å². The Balaban J connectivity index is 2.00. The summed E-state index contributed by atoms with van der Waals surface area (Å²) in [5, 5.41) is 17.1. The molecular weight excluding hydrogens is 300 g/mol. The fourth-order valence-electron chi connectivity index (χ4n) is 2.02. The molecule has 1 aliphatic rings. The molecule has 0 spiro atoms. The van der Waals surface area contributed by atoms with Gasteiger partial charge in [0, 0.05) is 12.1 Å². The maximum absolute atomic E-state index is 13.9. The second-order valence-electron chi connectivity index (χ2n) is 4.71. The number of halogens is 2. The minimum Gasteiger partial charge on any atom is -0.481 e. The topological polar surface area (TPSA) is 68.0 Å². The maximum atomic E-state index is 13.9. The van der Waals surface area contributed by atoms with Crippen molar-refractivity contribution in [3.63, 3.8) is 0 Å². The number of aliphatic carboxylic acids is 1. The predicted molar refractivity (Wildman–Crippen MR) is 72.0 cm³/mol. The van der Waals surface area contributed by atoms with E-state index in [0.717, 1.165) is 36.7 Å². The largest absolute Gasteiger partial charge is 0.481 e. The molecule has 1 aliphatic carbocycles. The van der Waals surface area contributed by atoms with Gasteiger partial charge in [-0.1, -0.05) is 11.8 Å². The Hall–Kier alpha value is -1.96. The molecule has 21 heavy (non-hydrogen) atoms. The van der Waals surface area contributed by atoms with Crippen molar-refractivity contribution in [2.24, 2.45) is 0 Å². The van der Waals surface area contributed by atoms with E-state index in [9.17, 15) is 13.6 Å². The van der Waals surface area contributed by atoms with Gasteiger partial charge in [0.1, 0.15) is 11.6 Å². The van der Waals surface area contributed by atoms with Crippen LogP contribution in [0.4, 0.5) is 8.78 Å². The van der Waals surface area contributed by atoms with Crippen LogP contribution in [0.5, 0.6) is 0 Å². The predicted octanol–water partition coefficient (Wildman–Crippen LogP) is 2.73.